The molecular weight excluding hydrogens is 178 g/mol. The predicted octanol–water partition coefficient (Wildman–Crippen LogP) is 0.144. The van der Waals surface area contributed by atoms with Crippen LogP contribution in [0.3, 0.4) is 0 Å². The number of aromatic nitrogens is 4. The highest BCUT2D eigenvalue weighted by molar-refractivity contribution is 7.20. The first-order valence-corrected chi connectivity index (χ1v) is 4.02. The lowest BCUT2D eigenvalue weighted by Crippen LogP contribution is -2.05. The number of fused-ring (bicyclic) bond motifs is 1. The maximum Gasteiger partial charge on any atom is 0.236 e. The van der Waals surface area contributed by atoms with E-state index in [0.717, 1.165) is 0 Å². The zero-order valence-electron chi connectivity index (χ0n) is 6.18. The monoisotopic (exact) mass is 183 g/mol. The summed E-state index contributed by atoms with van der Waals surface area (Å²) in [5, 5.41) is 14.5. The summed E-state index contributed by atoms with van der Waals surface area (Å²) in [6, 6.07) is 0. The second kappa shape index (κ2) is 2.52. The number of anilines is 1. The Labute approximate surface area is 71.2 Å². The van der Waals surface area contributed by atoms with Crippen LogP contribution >= 0.6 is 11.3 Å². The lowest BCUT2D eigenvalue weighted by atomic mass is 10.7. The van der Waals surface area contributed by atoms with Gasteiger partial charge >= 0.3 is 0 Å². The van der Waals surface area contributed by atoms with Crippen LogP contribution < -0.4 is 5.32 Å². The second-order valence-corrected chi connectivity index (χ2v) is 3.10. The van der Waals surface area contributed by atoms with Crippen molar-refractivity contribution < 1.29 is 4.79 Å². The van der Waals surface area contributed by atoms with Crippen LogP contribution in [-0.4, -0.2) is 25.7 Å². The van der Waals surface area contributed by atoms with Crippen molar-refractivity contribution in [1.29, 1.82) is 0 Å². The molecule has 1 N–H and O–H groups in total. The van der Waals surface area contributed by atoms with Crippen molar-refractivity contribution in [3.63, 3.8) is 0 Å². The molecule has 0 saturated heterocycles. The lowest BCUT2D eigenvalue weighted by Gasteiger charge is -1.90. The number of rotatable bonds is 1. The molecule has 2 rings (SSSR count). The molecule has 0 bridgehead atoms. The van der Waals surface area contributed by atoms with Crippen molar-refractivity contribution in [3.05, 3.63) is 6.33 Å². The largest absolute Gasteiger partial charge is 0.301 e. The lowest BCUT2D eigenvalue weighted by molar-refractivity contribution is -0.114. The van der Waals surface area contributed by atoms with Gasteiger partial charge in [-0.15, -0.1) is 15.3 Å². The Kier molecular flexibility index (Phi) is 1.51. The van der Waals surface area contributed by atoms with Gasteiger partial charge in [-0.05, 0) is 0 Å². The maximum atomic E-state index is 10.6. The number of nitrogens with one attached hydrogen (secondary N) is 1. The van der Waals surface area contributed by atoms with Gasteiger partial charge < -0.3 is 5.32 Å². The number of hydrogen-bond donors (Lipinski definition) is 1. The summed E-state index contributed by atoms with van der Waals surface area (Å²) in [7, 11) is 0. The number of hydrogen-bond acceptors (Lipinski definition) is 5. The van der Waals surface area contributed by atoms with Crippen LogP contribution in [0.1, 0.15) is 6.92 Å². The molecule has 0 spiro atoms. The smallest absolute Gasteiger partial charge is 0.236 e. The summed E-state index contributed by atoms with van der Waals surface area (Å²) < 4.78 is 1.51. The second-order valence-electron chi connectivity index (χ2n) is 2.15. The molecule has 12 heavy (non-hydrogen) atoms. The summed E-state index contributed by atoms with van der Waals surface area (Å²) in [5.74, 6) is -0.139. The van der Waals surface area contributed by atoms with E-state index in [1.54, 1.807) is 0 Å². The first kappa shape index (κ1) is 7.17. The Bertz CT molecular complexity index is 390. The van der Waals surface area contributed by atoms with E-state index in [2.05, 4.69) is 20.6 Å². The molecule has 0 unspecified atom stereocenters. The normalized spacial score (nSPS) is 10.4. The third-order valence-corrected chi connectivity index (χ3v) is 2.00. The van der Waals surface area contributed by atoms with Crippen LogP contribution in [0.4, 0.5) is 5.13 Å². The van der Waals surface area contributed by atoms with Crippen LogP contribution in [0.2, 0.25) is 0 Å². The van der Waals surface area contributed by atoms with Gasteiger partial charge in [0.2, 0.25) is 16.0 Å². The topological polar surface area (TPSA) is 72.2 Å². The molecule has 0 fully saturated rings. The van der Waals surface area contributed by atoms with Gasteiger partial charge in [0, 0.05) is 6.92 Å². The molecule has 0 radical (unpaired) electrons. The molecule has 0 aromatic carbocycles. The van der Waals surface area contributed by atoms with E-state index < -0.39 is 0 Å². The molecule has 1 amide bonds. The Hall–Kier alpha value is -1.50. The van der Waals surface area contributed by atoms with Crippen molar-refractivity contribution in [3.8, 4) is 0 Å². The zero-order chi connectivity index (χ0) is 8.55. The molecular formula is C5H5N5OS. The minimum absolute atomic E-state index is 0.139. The third-order valence-electron chi connectivity index (χ3n) is 1.17. The van der Waals surface area contributed by atoms with E-state index in [1.165, 1.54) is 29.1 Å². The Morgan fingerprint density at radius 2 is 2.58 bits per heavy atom. The van der Waals surface area contributed by atoms with Crippen LogP contribution in [0, 0.1) is 0 Å². The van der Waals surface area contributed by atoms with Crippen molar-refractivity contribution in [2.24, 2.45) is 0 Å². The van der Waals surface area contributed by atoms with E-state index >= 15 is 0 Å². The third kappa shape index (κ3) is 1.14. The maximum absolute atomic E-state index is 10.6. The van der Waals surface area contributed by atoms with Crippen molar-refractivity contribution in [2.45, 2.75) is 6.92 Å². The van der Waals surface area contributed by atoms with Crippen LogP contribution in [-0.2, 0) is 4.79 Å². The van der Waals surface area contributed by atoms with Gasteiger partial charge in [-0.1, -0.05) is 11.3 Å². The summed E-state index contributed by atoms with van der Waals surface area (Å²) in [6.45, 7) is 1.43. The molecule has 0 aliphatic heterocycles. The van der Waals surface area contributed by atoms with Gasteiger partial charge in [0.25, 0.3) is 0 Å². The van der Waals surface area contributed by atoms with Crippen LogP contribution in [0.5, 0.6) is 0 Å². The van der Waals surface area contributed by atoms with E-state index in [-0.39, 0.29) is 5.91 Å². The molecule has 0 atom stereocenters. The first-order chi connectivity index (χ1) is 5.75. The zero-order valence-corrected chi connectivity index (χ0v) is 7.00. The van der Waals surface area contributed by atoms with E-state index in [1.807, 2.05) is 0 Å². The van der Waals surface area contributed by atoms with E-state index in [9.17, 15) is 4.79 Å². The van der Waals surface area contributed by atoms with Crippen LogP contribution in [0.15, 0.2) is 6.33 Å². The fourth-order valence-corrected chi connectivity index (χ4v) is 1.53. The van der Waals surface area contributed by atoms with Gasteiger partial charge in [0.15, 0.2) is 0 Å². The Morgan fingerprint density at radius 3 is 3.25 bits per heavy atom. The molecule has 2 heterocycles. The Morgan fingerprint density at radius 1 is 1.75 bits per heavy atom. The highest BCUT2D eigenvalue weighted by atomic mass is 32.1. The summed E-state index contributed by atoms with van der Waals surface area (Å²) in [6.07, 6.45) is 1.48. The van der Waals surface area contributed by atoms with Gasteiger partial charge in [0.1, 0.15) is 6.33 Å². The number of carbonyl (C=O) groups is 1. The predicted molar refractivity (Wildman–Crippen MR) is 43.0 cm³/mol. The summed E-state index contributed by atoms with van der Waals surface area (Å²) in [5.41, 5.74) is 0. The molecule has 0 aliphatic rings. The minimum Gasteiger partial charge on any atom is -0.301 e. The average molecular weight is 183 g/mol. The summed E-state index contributed by atoms with van der Waals surface area (Å²) >= 11 is 1.28. The SMILES string of the molecule is CC(=O)Nc1nn2cnnc2s1. The average Bonchev–Trinajstić information content (AvgIpc) is 2.43. The van der Waals surface area contributed by atoms with Gasteiger partial charge in [-0.2, -0.15) is 4.52 Å². The molecule has 2 aromatic heterocycles. The summed E-state index contributed by atoms with van der Waals surface area (Å²) in [4.78, 5) is 11.3. The fourth-order valence-electron chi connectivity index (χ4n) is 0.761. The fraction of sp³-hybridized carbons (Fsp3) is 0.200. The highest BCUT2D eigenvalue weighted by Crippen LogP contribution is 2.15. The van der Waals surface area contributed by atoms with E-state index in [4.69, 9.17) is 0 Å². The Balaban J connectivity index is 2.38. The highest BCUT2D eigenvalue weighted by Gasteiger charge is 2.04. The molecule has 62 valence electrons. The standard InChI is InChI=1S/C5H5N5OS/c1-3(11)7-4-9-10-2-6-8-5(10)12-4/h2H,1H3,(H,7,9,11). The van der Waals surface area contributed by atoms with Gasteiger partial charge in [-0.25, -0.2) is 0 Å². The molecule has 2 aromatic rings. The molecule has 0 aliphatic carbocycles. The van der Waals surface area contributed by atoms with Gasteiger partial charge in [0.05, 0.1) is 0 Å². The number of nitrogens with zero attached hydrogens (tertiary/aromatic N) is 4. The van der Waals surface area contributed by atoms with Gasteiger partial charge in [-0.3, -0.25) is 4.79 Å². The minimum atomic E-state index is -0.139. The van der Waals surface area contributed by atoms with E-state index in [0.29, 0.717) is 10.1 Å². The van der Waals surface area contributed by atoms with Crippen molar-refractivity contribution >= 4 is 27.3 Å². The first-order valence-electron chi connectivity index (χ1n) is 3.20. The van der Waals surface area contributed by atoms with Crippen LogP contribution in [0.25, 0.3) is 4.96 Å². The molecule has 0 saturated carbocycles. The number of carbonyl (C=O) groups excluding carboxylic acids is 1. The molecule has 6 nitrogen and oxygen atoms in total. The molecule has 7 heteroatoms. The van der Waals surface area contributed by atoms with Crippen molar-refractivity contribution in [2.75, 3.05) is 5.32 Å². The van der Waals surface area contributed by atoms with Crippen molar-refractivity contribution in [1.82, 2.24) is 19.8 Å². The number of amides is 1. The quantitative estimate of drug-likeness (QED) is 0.682.